The summed E-state index contributed by atoms with van der Waals surface area (Å²) in [5, 5.41) is 12.2. The highest BCUT2D eigenvalue weighted by molar-refractivity contribution is 8.01. The topological polar surface area (TPSA) is 86.9 Å². The molecule has 0 bridgehead atoms. The van der Waals surface area contributed by atoms with Crippen LogP contribution in [-0.4, -0.2) is 27.3 Å². The summed E-state index contributed by atoms with van der Waals surface area (Å²) in [5.74, 6) is 0.748. The molecule has 1 aromatic heterocycles. The van der Waals surface area contributed by atoms with Crippen molar-refractivity contribution in [2.45, 2.75) is 35.3 Å². The molecule has 23 heavy (non-hydrogen) atoms. The zero-order chi connectivity index (χ0) is 15.8. The molecule has 118 valence electrons. The molecule has 2 heterocycles. The molecule has 3 N–H and O–H groups in total. The molecule has 2 aliphatic rings. The van der Waals surface area contributed by atoms with E-state index in [1.165, 1.54) is 24.6 Å². The third-order valence-corrected chi connectivity index (χ3v) is 5.23. The molecule has 6 nitrogen and oxygen atoms in total. The first-order valence-electron chi connectivity index (χ1n) is 7.61. The number of H-pyrrole nitrogens is 1. The zero-order valence-corrected chi connectivity index (χ0v) is 13.2. The fraction of sp³-hybridized carbons (Fsp3) is 0.312. The molecule has 7 heteroatoms. The van der Waals surface area contributed by atoms with Gasteiger partial charge in [0.25, 0.3) is 0 Å². The van der Waals surface area contributed by atoms with Crippen molar-refractivity contribution in [3.8, 4) is 0 Å². The van der Waals surface area contributed by atoms with E-state index in [1.807, 2.05) is 30.3 Å². The lowest BCUT2D eigenvalue weighted by molar-refractivity contribution is -0.120. The van der Waals surface area contributed by atoms with Crippen molar-refractivity contribution in [2.75, 3.05) is 10.6 Å². The number of thioether (sulfide) groups is 1. The predicted octanol–water partition coefficient (Wildman–Crippen LogP) is 2.73. The van der Waals surface area contributed by atoms with Gasteiger partial charge >= 0.3 is 0 Å². The number of carbonyl (C=O) groups excluding carboxylic acids is 2. The Kier molecular flexibility index (Phi) is 3.57. The van der Waals surface area contributed by atoms with Crippen molar-refractivity contribution in [3.05, 3.63) is 36.0 Å². The molecule has 0 radical (unpaired) electrons. The SMILES string of the molecule is O=C(C[C@@H]1Sc2ccccc2NC1=O)Nc1cc(C2CC2)[nH]n1. The Hall–Kier alpha value is -2.28. The maximum atomic E-state index is 12.2. The van der Waals surface area contributed by atoms with Crippen LogP contribution in [0.25, 0.3) is 0 Å². The van der Waals surface area contributed by atoms with E-state index in [9.17, 15) is 9.59 Å². The van der Waals surface area contributed by atoms with E-state index in [-0.39, 0.29) is 18.2 Å². The van der Waals surface area contributed by atoms with E-state index in [1.54, 1.807) is 0 Å². The molecule has 1 aliphatic heterocycles. The van der Waals surface area contributed by atoms with Crippen LogP contribution in [0.15, 0.2) is 35.2 Å². The minimum absolute atomic E-state index is 0.121. The molecular formula is C16H16N4O2S. The molecule has 1 atom stereocenters. The minimum Gasteiger partial charge on any atom is -0.324 e. The van der Waals surface area contributed by atoms with E-state index >= 15 is 0 Å². The average molecular weight is 328 g/mol. The smallest absolute Gasteiger partial charge is 0.238 e. The van der Waals surface area contributed by atoms with Crippen LogP contribution in [0.3, 0.4) is 0 Å². The van der Waals surface area contributed by atoms with Gasteiger partial charge in [-0.2, -0.15) is 5.10 Å². The highest BCUT2D eigenvalue weighted by Crippen LogP contribution is 2.39. The number of hydrogen-bond donors (Lipinski definition) is 3. The molecule has 0 saturated heterocycles. The molecule has 1 fully saturated rings. The lowest BCUT2D eigenvalue weighted by atomic mass is 10.2. The number of fused-ring (bicyclic) bond motifs is 1. The first kappa shape index (κ1) is 14.3. The minimum atomic E-state index is -0.424. The van der Waals surface area contributed by atoms with E-state index in [0.717, 1.165) is 16.3 Å². The molecule has 2 amide bonds. The van der Waals surface area contributed by atoms with Gasteiger partial charge in [-0.3, -0.25) is 14.7 Å². The normalized spacial score (nSPS) is 19.8. The summed E-state index contributed by atoms with van der Waals surface area (Å²) in [6.45, 7) is 0. The Labute approximate surface area is 137 Å². The van der Waals surface area contributed by atoms with E-state index in [4.69, 9.17) is 0 Å². The van der Waals surface area contributed by atoms with Gasteiger partial charge in [0.2, 0.25) is 11.8 Å². The summed E-state index contributed by atoms with van der Waals surface area (Å²) < 4.78 is 0. The summed E-state index contributed by atoms with van der Waals surface area (Å²) in [4.78, 5) is 25.3. The van der Waals surface area contributed by atoms with Crippen molar-refractivity contribution >= 4 is 35.1 Å². The fourth-order valence-corrected chi connectivity index (χ4v) is 3.70. The number of aromatic amines is 1. The Bertz CT molecular complexity index is 769. The van der Waals surface area contributed by atoms with Crippen LogP contribution < -0.4 is 10.6 Å². The number of anilines is 2. The number of para-hydroxylation sites is 1. The van der Waals surface area contributed by atoms with Crippen LogP contribution in [0, 0.1) is 0 Å². The Morgan fingerprint density at radius 1 is 1.35 bits per heavy atom. The maximum absolute atomic E-state index is 12.2. The van der Waals surface area contributed by atoms with Crippen LogP contribution >= 0.6 is 11.8 Å². The van der Waals surface area contributed by atoms with Crippen molar-refractivity contribution < 1.29 is 9.59 Å². The summed E-state index contributed by atoms with van der Waals surface area (Å²) in [6, 6.07) is 9.48. The number of carbonyl (C=O) groups is 2. The molecule has 0 spiro atoms. The van der Waals surface area contributed by atoms with E-state index < -0.39 is 5.25 Å². The lowest BCUT2D eigenvalue weighted by Gasteiger charge is -2.23. The quantitative estimate of drug-likeness (QED) is 0.805. The van der Waals surface area contributed by atoms with Gasteiger partial charge < -0.3 is 10.6 Å². The van der Waals surface area contributed by atoms with Gasteiger partial charge in [-0.15, -0.1) is 11.8 Å². The molecule has 1 aromatic carbocycles. The summed E-state index contributed by atoms with van der Waals surface area (Å²) in [7, 11) is 0. The van der Waals surface area contributed by atoms with Gasteiger partial charge in [0, 0.05) is 29.0 Å². The van der Waals surface area contributed by atoms with Gasteiger partial charge in [0.15, 0.2) is 5.82 Å². The van der Waals surface area contributed by atoms with Gasteiger partial charge in [0.1, 0.15) is 0 Å². The second-order valence-corrected chi connectivity index (χ2v) is 7.07. The van der Waals surface area contributed by atoms with Crippen LogP contribution in [0.1, 0.15) is 30.9 Å². The molecule has 4 rings (SSSR count). The van der Waals surface area contributed by atoms with E-state index in [0.29, 0.717) is 11.7 Å². The Morgan fingerprint density at radius 3 is 3.00 bits per heavy atom. The first-order valence-corrected chi connectivity index (χ1v) is 8.49. The van der Waals surface area contributed by atoms with E-state index in [2.05, 4.69) is 20.8 Å². The van der Waals surface area contributed by atoms with Gasteiger partial charge in [0.05, 0.1) is 10.9 Å². The zero-order valence-electron chi connectivity index (χ0n) is 12.3. The third kappa shape index (κ3) is 3.10. The predicted molar refractivity (Wildman–Crippen MR) is 88.5 cm³/mol. The van der Waals surface area contributed by atoms with Crippen molar-refractivity contribution in [1.82, 2.24) is 10.2 Å². The Morgan fingerprint density at radius 2 is 2.17 bits per heavy atom. The lowest BCUT2D eigenvalue weighted by Crippen LogP contribution is -2.32. The number of aromatic nitrogens is 2. The molecule has 1 saturated carbocycles. The monoisotopic (exact) mass is 328 g/mol. The Balaban J connectivity index is 1.39. The van der Waals surface area contributed by atoms with Crippen molar-refractivity contribution in [2.24, 2.45) is 0 Å². The summed E-state index contributed by atoms with van der Waals surface area (Å²) in [6.07, 6.45) is 2.47. The molecule has 2 aromatic rings. The average Bonchev–Trinajstić information content (AvgIpc) is 3.28. The van der Waals surface area contributed by atoms with Crippen molar-refractivity contribution in [1.29, 1.82) is 0 Å². The number of benzene rings is 1. The van der Waals surface area contributed by atoms with Gasteiger partial charge in [-0.25, -0.2) is 0 Å². The van der Waals surface area contributed by atoms with Crippen LogP contribution in [0.2, 0.25) is 0 Å². The first-order chi connectivity index (χ1) is 11.2. The molecule has 0 unspecified atom stereocenters. The number of amides is 2. The fourth-order valence-electron chi connectivity index (χ4n) is 2.59. The number of hydrogen-bond acceptors (Lipinski definition) is 4. The van der Waals surface area contributed by atoms with Crippen molar-refractivity contribution in [3.63, 3.8) is 0 Å². The summed E-state index contributed by atoms with van der Waals surface area (Å²) >= 11 is 1.42. The number of nitrogens with zero attached hydrogens (tertiary/aromatic N) is 1. The second-order valence-electron chi connectivity index (χ2n) is 5.83. The molecular weight excluding hydrogens is 312 g/mol. The largest absolute Gasteiger partial charge is 0.324 e. The standard InChI is InChI=1S/C16H16N4O2S/c21-15(18-14-7-11(19-20-14)9-5-6-9)8-13-16(22)17-10-3-1-2-4-12(10)23-13/h1-4,7,9,13H,5-6,8H2,(H,17,22)(H2,18,19,20,21)/t13-/m0/s1. The second kappa shape index (κ2) is 5.73. The van der Waals surface area contributed by atoms with Crippen LogP contribution in [0.4, 0.5) is 11.5 Å². The number of rotatable bonds is 4. The molecule has 1 aliphatic carbocycles. The third-order valence-electron chi connectivity index (χ3n) is 3.96. The highest BCUT2D eigenvalue weighted by Gasteiger charge is 2.29. The highest BCUT2D eigenvalue weighted by atomic mass is 32.2. The van der Waals surface area contributed by atoms with Gasteiger partial charge in [-0.05, 0) is 25.0 Å². The van der Waals surface area contributed by atoms with Crippen LogP contribution in [-0.2, 0) is 9.59 Å². The van der Waals surface area contributed by atoms with Gasteiger partial charge in [-0.1, -0.05) is 12.1 Å². The number of nitrogens with one attached hydrogen (secondary N) is 3. The summed E-state index contributed by atoms with van der Waals surface area (Å²) in [5.41, 5.74) is 1.87. The maximum Gasteiger partial charge on any atom is 0.238 e. The van der Waals surface area contributed by atoms with Crippen LogP contribution in [0.5, 0.6) is 0 Å².